The van der Waals surface area contributed by atoms with Crippen molar-refractivity contribution >= 4 is 0 Å². The van der Waals surface area contributed by atoms with Crippen molar-refractivity contribution in [2.75, 3.05) is 6.54 Å². The lowest BCUT2D eigenvalue weighted by Gasteiger charge is -2.33. The average Bonchev–Trinajstić information content (AvgIpc) is 2.38. The van der Waals surface area contributed by atoms with Gasteiger partial charge in [-0.05, 0) is 25.3 Å². The zero-order valence-corrected chi connectivity index (χ0v) is 10.7. The largest absolute Gasteiger partial charge is 0.389 e. The summed E-state index contributed by atoms with van der Waals surface area (Å²) < 4.78 is 0. The fraction of sp³-hybridized carbons (Fsp3) is 0.600. The molecule has 2 rings (SSSR count). The highest BCUT2D eigenvalue weighted by atomic mass is 16.3. The lowest BCUT2D eigenvalue weighted by atomic mass is 9.84. The van der Waals surface area contributed by atoms with E-state index in [0.29, 0.717) is 12.6 Å². The fourth-order valence-electron chi connectivity index (χ4n) is 2.59. The van der Waals surface area contributed by atoms with Crippen LogP contribution in [-0.4, -0.2) is 17.3 Å². The molecular weight excluding hydrogens is 210 g/mol. The molecule has 0 aromatic heterocycles. The first kappa shape index (κ1) is 12.6. The van der Waals surface area contributed by atoms with Gasteiger partial charge in [-0.1, -0.05) is 49.6 Å². The van der Waals surface area contributed by atoms with Crippen LogP contribution in [0.2, 0.25) is 0 Å². The van der Waals surface area contributed by atoms with Gasteiger partial charge in [-0.15, -0.1) is 0 Å². The second kappa shape index (κ2) is 5.65. The molecular formula is C15H23NO. The second-order valence-electron chi connectivity index (χ2n) is 5.30. The molecule has 0 spiro atoms. The molecule has 0 amide bonds. The van der Waals surface area contributed by atoms with E-state index in [0.717, 1.165) is 25.7 Å². The van der Waals surface area contributed by atoms with Crippen LogP contribution in [0.3, 0.4) is 0 Å². The van der Waals surface area contributed by atoms with Crippen LogP contribution >= 0.6 is 0 Å². The van der Waals surface area contributed by atoms with E-state index in [1.807, 2.05) is 6.07 Å². The molecule has 2 heteroatoms. The number of nitrogens with one attached hydrogen (secondary N) is 1. The van der Waals surface area contributed by atoms with Crippen molar-refractivity contribution in [3.8, 4) is 0 Å². The molecule has 1 saturated carbocycles. The highest BCUT2D eigenvalue weighted by Gasteiger charge is 2.29. The SMILES string of the molecule is CC(NCC1(O)CCCCC1)c1ccccc1. The number of benzene rings is 1. The first-order valence-electron chi connectivity index (χ1n) is 6.70. The van der Waals surface area contributed by atoms with Crippen molar-refractivity contribution in [3.05, 3.63) is 35.9 Å². The van der Waals surface area contributed by atoms with Crippen molar-refractivity contribution in [1.29, 1.82) is 0 Å². The Morgan fingerprint density at radius 2 is 1.82 bits per heavy atom. The van der Waals surface area contributed by atoms with Gasteiger partial charge in [0.2, 0.25) is 0 Å². The van der Waals surface area contributed by atoms with Gasteiger partial charge in [-0.3, -0.25) is 0 Å². The molecule has 0 saturated heterocycles. The van der Waals surface area contributed by atoms with Crippen LogP contribution in [0.1, 0.15) is 50.6 Å². The van der Waals surface area contributed by atoms with E-state index in [9.17, 15) is 5.11 Å². The average molecular weight is 233 g/mol. The summed E-state index contributed by atoms with van der Waals surface area (Å²) in [5, 5.41) is 13.9. The standard InChI is InChI=1S/C15H23NO/c1-13(14-8-4-2-5-9-14)16-12-15(17)10-6-3-7-11-15/h2,4-5,8-9,13,16-17H,3,6-7,10-12H2,1H3. The molecule has 0 heterocycles. The summed E-state index contributed by atoms with van der Waals surface area (Å²) in [7, 11) is 0. The highest BCUT2D eigenvalue weighted by molar-refractivity contribution is 5.18. The predicted molar refractivity (Wildman–Crippen MR) is 70.9 cm³/mol. The van der Waals surface area contributed by atoms with Gasteiger partial charge in [0, 0.05) is 12.6 Å². The van der Waals surface area contributed by atoms with Crippen LogP contribution in [0.25, 0.3) is 0 Å². The van der Waals surface area contributed by atoms with Gasteiger partial charge >= 0.3 is 0 Å². The summed E-state index contributed by atoms with van der Waals surface area (Å²) in [6, 6.07) is 10.7. The Hall–Kier alpha value is -0.860. The molecule has 1 aliphatic rings. The lowest BCUT2D eigenvalue weighted by molar-refractivity contribution is 0.00300. The summed E-state index contributed by atoms with van der Waals surface area (Å²) in [4.78, 5) is 0. The Balaban J connectivity index is 1.85. The molecule has 0 aliphatic heterocycles. The predicted octanol–water partition coefficient (Wildman–Crippen LogP) is 3.03. The van der Waals surface area contributed by atoms with Gasteiger partial charge in [0.15, 0.2) is 0 Å². The minimum atomic E-state index is -0.471. The molecule has 1 unspecified atom stereocenters. The Morgan fingerprint density at radius 1 is 1.18 bits per heavy atom. The van der Waals surface area contributed by atoms with Crippen molar-refractivity contribution in [2.45, 2.75) is 50.7 Å². The molecule has 0 radical (unpaired) electrons. The molecule has 2 nitrogen and oxygen atoms in total. The van der Waals surface area contributed by atoms with E-state index in [4.69, 9.17) is 0 Å². The Bertz CT molecular complexity index is 330. The van der Waals surface area contributed by atoms with Gasteiger partial charge in [0.05, 0.1) is 5.60 Å². The number of hydrogen-bond acceptors (Lipinski definition) is 2. The highest BCUT2D eigenvalue weighted by Crippen LogP contribution is 2.28. The molecule has 94 valence electrons. The van der Waals surface area contributed by atoms with Gasteiger partial charge in [0.1, 0.15) is 0 Å². The third-order valence-electron chi connectivity index (χ3n) is 3.82. The lowest BCUT2D eigenvalue weighted by Crippen LogP contribution is -2.42. The van der Waals surface area contributed by atoms with E-state index in [-0.39, 0.29) is 0 Å². The van der Waals surface area contributed by atoms with Crippen LogP contribution in [0, 0.1) is 0 Å². The maximum absolute atomic E-state index is 10.4. The summed E-state index contributed by atoms with van der Waals surface area (Å²) in [6.45, 7) is 2.87. The van der Waals surface area contributed by atoms with Crippen molar-refractivity contribution in [1.82, 2.24) is 5.32 Å². The van der Waals surface area contributed by atoms with Gasteiger partial charge in [-0.2, -0.15) is 0 Å². The number of hydrogen-bond donors (Lipinski definition) is 2. The van der Waals surface area contributed by atoms with Crippen molar-refractivity contribution in [3.63, 3.8) is 0 Å². The molecule has 17 heavy (non-hydrogen) atoms. The monoisotopic (exact) mass is 233 g/mol. The first-order chi connectivity index (χ1) is 8.20. The number of rotatable bonds is 4. The molecule has 0 bridgehead atoms. The van der Waals surface area contributed by atoms with Crippen LogP contribution < -0.4 is 5.32 Å². The molecule has 1 aliphatic carbocycles. The molecule has 2 N–H and O–H groups in total. The van der Waals surface area contributed by atoms with Gasteiger partial charge in [0.25, 0.3) is 0 Å². The normalized spacial score (nSPS) is 21.1. The minimum absolute atomic E-state index is 0.308. The molecule has 1 aromatic carbocycles. The van der Waals surface area contributed by atoms with E-state index < -0.39 is 5.60 Å². The zero-order chi connectivity index (χ0) is 12.1. The summed E-state index contributed by atoms with van der Waals surface area (Å²) in [6.07, 6.45) is 5.50. The van der Waals surface area contributed by atoms with E-state index in [1.54, 1.807) is 0 Å². The van der Waals surface area contributed by atoms with Crippen LogP contribution in [0.15, 0.2) is 30.3 Å². The second-order valence-corrected chi connectivity index (χ2v) is 5.30. The maximum atomic E-state index is 10.4. The third kappa shape index (κ3) is 3.55. The Kier molecular flexibility index (Phi) is 4.19. The summed E-state index contributed by atoms with van der Waals surface area (Å²) in [5.41, 5.74) is 0.813. The molecule has 1 fully saturated rings. The smallest absolute Gasteiger partial charge is 0.0771 e. The summed E-state index contributed by atoms with van der Waals surface area (Å²) >= 11 is 0. The van der Waals surface area contributed by atoms with E-state index >= 15 is 0 Å². The minimum Gasteiger partial charge on any atom is -0.389 e. The van der Waals surface area contributed by atoms with E-state index in [1.165, 1.54) is 12.0 Å². The Morgan fingerprint density at radius 3 is 2.47 bits per heavy atom. The zero-order valence-electron chi connectivity index (χ0n) is 10.7. The van der Waals surface area contributed by atoms with Crippen LogP contribution in [-0.2, 0) is 0 Å². The summed E-state index contributed by atoms with van der Waals surface area (Å²) in [5.74, 6) is 0. The first-order valence-corrected chi connectivity index (χ1v) is 6.70. The molecule has 1 aromatic rings. The quantitative estimate of drug-likeness (QED) is 0.838. The van der Waals surface area contributed by atoms with E-state index in [2.05, 4.69) is 36.5 Å². The number of aliphatic hydroxyl groups is 1. The van der Waals surface area contributed by atoms with Crippen molar-refractivity contribution in [2.24, 2.45) is 0 Å². The third-order valence-corrected chi connectivity index (χ3v) is 3.82. The van der Waals surface area contributed by atoms with Crippen LogP contribution in [0.5, 0.6) is 0 Å². The fourth-order valence-corrected chi connectivity index (χ4v) is 2.59. The van der Waals surface area contributed by atoms with Crippen molar-refractivity contribution < 1.29 is 5.11 Å². The van der Waals surface area contributed by atoms with Crippen LogP contribution in [0.4, 0.5) is 0 Å². The van der Waals surface area contributed by atoms with Gasteiger partial charge < -0.3 is 10.4 Å². The molecule has 1 atom stereocenters. The van der Waals surface area contributed by atoms with Gasteiger partial charge in [-0.25, -0.2) is 0 Å². The topological polar surface area (TPSA) is 32.3 Å². The maximum Gasteiger partial charge on any atom is 0.0771 e. The Labute approximate surface area is 104 Å².